The number of anilines is 1. The Morgan fingerprint density at radius 3 is 2.28 bits per heavy atom. The van der Waals surface area contributed by atoms with Crippen LogP contribution in [0.1, 0.15) is 35.3 Å². The highest BCUT2D eigenvalue weighted by Gasteiger charge is 2.18. The number of hydrogen-bond acceptors (Lipinski definition) is 2. The van der Waals surface area contributed by atoms with E-state index in [1.54, 1.807) is 0 Å². The number of aliphatic hydroxyl groups excluding tert-OH is 1. The first-order valence-electron chi connectivity index (χ1n) is 9.84. The number of aryl methyl sites for hydroxylation is 1. The fraction of sp³-hybridized carbons (Fsp3) is 0.154. The van der Waals surface area contributed by atoms with Gasteiger partial charge in [0.15, 0.2) is 0 Å². The minimum atomic E-state index is -0.586. The first kappa shape index (κ1) is 19.5. The van der Waals surface area contributed by atoms with Gasteiger partial charge in [0.1, 0.15) is 0 Å². The van der Waals surface area contributed by atoms with E-state index in [1.165, 1.54) is 10.9 Å². The van der Waals surface area contributed by atoms with Gasteiger partial charge in [-0.25, -0.2) is 0 Å². The fourth-order valence-corrected chi connectivity index (χ4v) is 3.81. The lowest BCUT2D eigenvalue weighted by atomic mass is 9.95. The van der Waals surface area contributed by atoms with E-state index in [0.717, 1.165) is 22.2 Å². The summed E-state index contributed by atoms with van der Waals surface area (Å²) in [6, 6.07) is 30.4. The lowest BCUT2D eigenvalue weighted by molar-refractivity contribution is 0.161. The zero-order chi connectivity index (χ0) is 20.2. The predicted octanol–water partition coefficient (Wildman–Crippen LogP) is 7.08. The van der Waals surface area contributed by atoms with Gasteiger partial charge in [0.05, 0.1) is 12.1 Å². The van der Waals surface area contributed by atoms with Gasteiger partial charge in [0.2, 0.25) is 0 Å². The van der Waals surface area contributed by atoms with Crippen molar-refractivity contribution in [2.24, 2.45) is 0 Å². The third kappa shape index (κ3) is 4.79. The monoisotopic (exact) mass is 401 g/mol. The van der Waals surface area contributed by atoms with Gasteiger partial charge < -0.3 is 10.4 Å². The van der Waals surface area contributed by atoms with Crippen molar-refractivity contribution in [1.82, 2.24) is 0 Å². The quantitative estimate of drug-likeness (QED) is 0.361. The molecule has 0 saturated carbocycles. The van der Waals surface area contributed by atoms with E-state index in [2.05, 4.69) is 54.7 Å². The van der Waals surface area contributed by atoms with Crippen molar-refractivity contribution in [2.45, 2.75) is 25.5 Å². The number of benzene rings is 4. The second-order valence-corrected chi connectivity index (χ2v) is 7.91. The highest BCUT2D eigenvalue weighted by atomic mass is 35.5. The van der Waals surface area contributed by atoms with Crippen LogP contribution in [0.25, 0.3) is 10.8 Å². The molecule has 0 aliphatic carbocycles. The maximum Gasteiger partial charge on any atom is 0.0813 e. The van der Waals surface area contributed by atoms with Crippen LogP contribution in [0.15, 0.2) is 91.0 Å². The summed E-state index contributed by atoms with van der Waals surface area (Å²) in [5, 5.41) is 17.6. The molecule has 0 bridgehead atoms. The summed E-state index contributed by atoms with van der Waals surface area (Å²) in [6.45, 7) is 2.08. The number of fused-ring (bicyclic) bond motifs is 1. The van der Waals surface area contributed by atoms with Crippen LogP contribution in [0.3, 0.4) is 0 Å². The Kier molecular flexibility index (Phi) is 5.84. The lowest BCUT2D eigenvalue weighted by Crippen LogP contribution is -2.15. The minimum absolute atomic E-state index is 0.0458. The van der Waals surface area contributed by atoms with Crippen molar-refractivity contribution in [3.63, 3.8) is 0 Å². The standard InChI is InChI=1S/C26H24ClNO/c1-18-5-4-8-24(15-18)28-25(20-11-13-23(27)14-12-20)17-26(29)22-10-9-19-6-2-3-7-21(19)16-22/h2-16,25-26,28-29H,17H2,1H3. The average molecular weight is 402 g/mol. The Morgan fingerprint density at radius 1 is 0.793 bits per heavy atom. The van der Waals surface area contributed by atoms with E-state index >= 15 is 0 Å². The van der Waals surface area contributed by atoms with E-state index in [-0.39, 0.29) is 6.04 Å². The highest BCUT2D eigenvalue weighted by molar-refractivity contribution is 6.30. The van der Waals surface area contributed by atoms with Crippen molar-refractivity contribution in [3.05, 3.63) is 113 Å². The molecule has 4 aromatic carbocycles. The predicted molar refractivity (Wildman–Crippen MR) is 123 cm³/mol. The Labute approximate surface area is 176 Å². The first-order valence-corrected chi connectivity index (χ1v) is 10.2. The number of rotatable bonds is 6. The fourth-order valence-electron chi connectivity index (χ4n) is 3.68. The molecular weight excluding hydrogens is 378 g/mol. The molecule has 0 heterocycles. The SMILES string of the molecule is Cc1cccc(NC(CC(O)c2ccc3ccccc3c2)c2ccc(Cl)cc2)c1. The summed E-state index contributed by atoms with van der Waals surface area (Å²) < 4.78 is 0. The molecule has 0 spiro atoms. The summed E-state index contributed by atoms with van der Waals surface area (Å²) in [6.07, 6.45) is -0.0360. The Balaban J connectivity index is 1.61. The summed E-state index contributed by atoms with van der Waals surface area (Å²) in [4.78, 5) is 0. The lowest BCUT2D eigenvalue weighted by Gasteiger charge is -2.24. The van der Waals surface area contributed by atoms with Crippen molar-refractivity contribution in [2.75, 3.05) is 5.32 Å². The molecule has 2 unspecified atom stereocenters. The normalized spacial score (nSPS) is 13.2. The summed E-state index contributed by atoms with van der Waals surface area (Å²) in [7, 11) is 0. The van der Waals surface area contributed by atoms with Gasteiger partial charge in [0, 0.05) is 17.1 Å². The zero-order valence-electron chi connectivity index (χ0n) is 16.3. The number of nitrogens with one attached hydrogen (secondary N) is 1. The van der Waals surface area contributed by atoms with Crippen molar-refractivity contribution in [3.8, 4) is 0 Å². The maximum atomic E-state index is 11.0. The molecule has 4 aromatic rings. The van der Waals surface area contributed by atoms with Crippen LogP contribution in [-0.4, -0.2) is 5.11 Å². The summed E-state index contributed by atoms with van der Waals surface area (Å²) >= 11 is 6.08. The van der Waals surface area contributed by atoms with Gasteiger partial charge in [-0.2, -0.15) is 0 Å². The maximum absolute atomic E-state index is 11.0. The second kappa shape index (κ2) is 8.69. The molecule has 2 atom stereocenters. The molecule has 146 valence electrons. The average Bonchev–Trinajstić information content (AvgIpc) is 2.73. The van der Waals surface area contributed by atoms with E-state index in [1.807, 2.05) is 48.5 Å². The number of hydrogen-bond donors (Lipinski definition) is 2. The van der Waals surface area contributed by atoms with E-state index in [0.29, 0.717) is 11.4 Å². The topological polar surface area (TPSA) is 32.3 Å². The van der Waals surface area contributed by atoms with Crippen molar-refractivity contribution < 1.29 is 5.11 Å². The van der Waals surface area contributed by atoms with Crippen LogP contribution in [0.5, 0.6) is 0 Å². The molecule has 0 amide bonds. The van der Waals surface area contributed by atoms with E-state index in [4.69, 9.17) is 11.6 Å². The molecule has 0 saturated heterocycles. The van der Waals surface area contributed by atoms with Crippen LogP contribution in [0, 0.1) is 6.92 Å². The Bertz CT molecular complexity index is 1110. The van der Waals surface area contributed by atoms with Gasteiger partial charge in [-0.3, -0.25) is 0 Å². The van der Waals surface area contributed by atoms with Gasteiger partial charge in [-0.1, -0.05) is 72.3 Å². The van der Waals surface area contributed by atoms with Crippen LogP contribution in [0.4, 0.5) is 5.69 Å². The number of halogens is 1. The first-order chi connectivity index (χ1) is 14.1. The zero-order valence-corrected chi connectivity index (χ0v) is 17.1. The van der Waals surface area contributed by atoms with Crippen molar-refractivity contribution in [1.29, 1.82) is 0 Å². The van der Waals surface area contributed by atoms with Gasteiger partial charge in [-0.05, 0) is 64.7 Å². The molecule has 0 radical (unpaired) electrons. The van der Waals surface area contributed by atoms with Gasteiger partial charge in [-0.15, -0.1) is 0 Å². The highest BCUT2D eigenvalue weighted by Crippen LogP contribution is 2.31. The van der Waals surface area contributed by atoms with Crippen molar-refractivity contribution >= 4 is 28.1 Å². The molecule has 29 heavy (non-hydrogen) atoms. The molecule has 2 nitrogen and oxygen atoms in total. The van der Waals surface area contributed by atoms with Crippen LogP contribution in [-0.2, 0) is 0 Å². The van der Waals surface area contributed by atoms with Crippen LogP contribution >= 0.6 is 11.6 Å². The Hall–Kier alpha value is -2.81. The number of aliphatic hydroxyl groups is 1. The second-order valence-electron chi connectivity index (χ2n) is 7.48. The van der Waals surface area contributed by atoms with Crippen LogP contribution in [0.2, 0.25) is 5.02 Å². The molecule has 4 rings (SSSR count). The molecule has 0 fully saturated rings. The smallest absolute Gasteiger partial charge is 0.0813 e. The molecule has 0 aliphatic rings. The van der Waals surface area contributed by atoms with Crippen LogP contribution < -0.4 is 5.32 Å². The molecule has 0 aromatic heterocycles. The Morgan fingerprint density at radius 2 is 1.52 bits per heavy atom. The molecule has 2 N–H and O–H groups in total. The molecule has 3 heteroatoms. The third-order valence-electron chi connectivity index (χ3n) is 5.25. The van der Waals surface area contributed by atoms with Gasteiger partial charge >= 0.3 is 0 Å². The van der Waals surface area contributed by atoms with Gasteiger partial charge in [0.25, 0.3) is 0 Å². The summed E-state index contributed by atoms with van der Waals surface area (Å²) in [5.74, 6) is 0. The largest absolute Gasteiger partial charge is 0.388 e. The third-order valence-corrected chi connectivity index (χ3v) is 5.50. The van der Waals surface area contributed by atoms with E-state index in [9.17, 15) is 5.11 Å². The summed E-state index contributed by atoms with van der Waals surface area (Å²) in [5.41, 5.74) is 4.25. The minimum Gasteiger partial charge on any atom is -0.388 e. The van der Waals surface area contributed by atoms with E-state index < -0.39 is 6.10 Å². The molecular formula is C26H24ClNO. The molecule has 0 aliphatic heterocycles.